The number of likely N-dealkylation sites (N-methyl/N-ethyl adjacent to an activating group) is 1. The summed E-state index contributed by atoms with van der Waals surface area (Å²) in [6.07, 6.45) is 1.33. The summed E-state index contributed by atoms with van der Waals surface area (Å²) in [7, 11) is 3.25. The van der Waals surface area contributed by atoms with Gasteiger partial charge < -0.3 is 24.3 Å². The summed E-state index contributed by atoms with van der Waals surface area (Å²) in [5.41, 5.74) is 0.425. The second-order valence-electron chi connectivity index (χ2n) is 7.87. The Bertz CT molecular complexity index is 1450. The number of pyridine rings is 1. The molecular formula is C22H27N7O7S. The van der Waals surface area contributed by atoms with E-state index in [0.29, 0.717) is 11.3 Å². The zero-order valence-electron chi connectivity index (χ0n) is 20.8. The fourth-order valence-electron chi connectivity index (χ4n) is 3.24. The Balaban J connectivity index is 1.84. The van der Waals surface area contributed by atoms with E-state index in [1.54, 1.807) is 39.3 Å². The molecule has 0 spiro atoms. The highest BCUT2D eigenvalue weighted by Crippen LogP contribution is 2.32. The molecule has 3 aromatic rings. The van der Waals surface area contributed by atoms with Gasteiger partial charge in [0.05, 0.1) is 12.6 Å². The molecule has 2 heterocycles. The number of amides is 5. The van der Waals surface area contributed by atoms with Gasteiger partial charge in [-0.25, -0.2) is 27.7 Å². The van der Waals surface area contributed by atoms with Crippen LogP contribution in [0.1, 0.15) is 0 Å². The van der Waals surface area contributed by atoms with Crippen molar-refractivity contribution < 1.29 is 32.3 Å². The van der Waals surface area contributed by atoms with E-state index in [-0.39, 0.29) is 40.2 Å². The van der Waals surface area contributed by atoms with Gasteiger partial charge in [-0.15, -0.1) is 0 Å². The fraction of sp³-hybridized carbons (Fsp3) is 0.273. The number of rotatable bonds is 8. The van der Waals surface area contributed by atoms with Gasteiger partial charge in [0.15, 0.2) is 6.61 Å². The van der Waals surface area contributed by atoms with Crippen LogP contribution in [0.25, 0.3) is 10.9 Å². The number of carbonyl (C=O) groups is 3. The first-order valence-corrected chi connectivity index (χ1v) is 12.2. The summed E-state index contributed by atoms with van der Waals surface area (Å²) in [5.74, 6) is 0.285. The van der Waals surface area contributed by atoms with Gasteiger partial charge in [-0.1, -0.05) is 12.1 Å². The SMILES string of the molecule is CNC(=O)Nc1cc(OC)cc(NC(=O)NS(=O)(=O)c2cn(C)c3c(OCC(=O)N(C)C)cccc23)n1. The first-order valence-electron chi connectivity index (χ1n) is 10.7. The predicted molar refractivity (Wildman–Crippen MR) is 135 cm³/mol. The average Bonchev–Trinajstić information content (AvgIpc) is 3.19. The molecule has 0 radical (unpaired) electrons. The number of benzene rings is 1. The Morgan fingerprint density at radius 2 is 1.73 bits per heavy atom. The molecule has 37 heavy (non-hydrogen) atoms. The zero-order chi connectivity index (χ0) is 27.3. The molecule has 0 bridgehead atoms. The van der Waals surface area contributed by atoms with Crippen LogP contribution in [0.3, 0.4) is 0 Å². The van der Waals surface area contributed by atoms with Gasteiger partial charge in [0.2, 0.25) is 0 Å². The number of aryl methyl sites for hydroxylation is 1. The fourth-order valence-corrected chi connectivity index (χ4v) is 4.40. The van der Waals surface area contributed by atoms with E-state index in [4.69, 9.17) is 9.47 Å². The molecule has 0 aliphatic rings. The molecule has 2 aromatic heterocycles. The van der Waals surface area contributed by atoms with Gasteiger partial charge in [0.25, 0.3) is 15.9 Å². The van der Waals surface area contributed by atoms with Crippen molar-refractivity contribution in [1.29, 1.82) is 0 Å². The van der Waals surface area contributed by atoms with Gasteiger partial charge >= 0.3 is 12.1 Å². The molecule has 15 heteroatoms. The summed E-state index contributed by atoms with van der Waals surface area (Å²) in [6.45, 7) is -0.232. The largest absolute Gasteiger partial charge is 0.496 e. The topological polar surface area (TPSA) is 173 Å². The zero-order valence-corrected chi connectivity index (χ0v) is 21.6. The molecule has 0 saturated carbocycles. The van der Waals surface area contributed by atoms with Gasteiger partial charge in [-0.05, 0) is 6.07 Å². The van der Waals surface area contributed by atoms with Crippen LogP contribution in [-0.4, -0.2) is 75.7 Å². The number of fused-ring (bicyclic) bond motifs is 1. The maximum atomic E-state index is 13.1. The Hall–Kier alpha value is -4.53. The third kappa shape index (κ3) is 6.38. The van der Waals surface area contributed by atoms with Crippen LogP contribution >= 0.6 is 0 Å². The lowest BCUT2D eigenvalue weighted by Gasteiger charge is -2.12. The van der Waals surface area contributed by atoms with E-state index in [0.717, 1.165) is 0 Å². The first-order chi connectivity index (χ1) is 17.4. The van der Waals surface area contributed by atoms with Crippen LogP contribution in [0, 0.1) is 0 Å². The minimum atomic E-state index is -4.35. The third-order valence-corrected chi connectivity index (χ3v) is 6.40. The lowest BCUT2D eigenvalue weighted by molar-refractivity contribution is -0.130. The van der Waals surface area contributed by atoms with Crippen LogP contribution < -0.4 is 30.1 Å². The maximum absolute atomic E-state index is 13.1. The molecule has 0 atom stereocenters. The number of carbonyl (C=O) groups excluding carboxylic acids is 3. The Morgan fingerprint density at radius 1 is 1.08 bits per heavy atom. The van der Waals surface area contributed by atoms with Crippen LogP contribution in [0.2, 0.25) is 0 Å². The number of hydrogen-bond acceptors (Lipinski definition) is 8. The van der Waals surface area contributed by atoms with Crippen molar-refractivity contribution in [2.45, 2.75) is 4.90 Å². The van der Waals surface area contributed by atoms with Gasteiger partial charge in [0.1, 0.15) is 28.0 Å². The molecule has 198 valence electrons. The smallest absolute Gasteiger partial charge is 0.334 e. The number of nitrogens with zero attached hydrogens (tertiary/aromatic N) is 3. The molecule has 4 N–H and O–H groups in total. The van der Waals surface area contributed by atoms with E-state index in [1.165, 1.54) is 42.0 Å². The molecule has 0 aliphatic heterocycles. The van der Waals surface area contributed by atoms with Gasteiger partial charge in [0, 0.05) is 51.9 Å². The summed E-state index contributed by atoms with van der Waals surface area (Å²) in [4.78, 5) is 41.3. The van der Waals surface area contributed by atoms with E-state index in [9.17, 15) is 22.8 Å². The highest BCUT2D eigenvalue weighted by atomic mass is 32.2. The molecule has 5 amide bonds. The second kappa shape index (κ2) is 11.0. The number of sulfonamides is 1. The molecule has 0 aliphatic carbocycles. The molecule has 1 aromatic carbocycles. The number of anilines is 2. The van der Waals surface area contributed by atoms with Crippen molar-refractivity contribution in [1.82, 2.24) is 24.5 Å². The highest BCUT2D eigenvalue weighted by molar-refractivity contribution is 7.90. The van der Waals surface area contributed by atoms with Crippen LogP contribution in [0.15, 0.2) is 41.4 Å². The van der Waals surface area contributed by atoms with Crippen LogP contribution in [0.5, 0.6) is 11.5 Å². The number of ether oxygens (including phenoxy) is 2. The Kier molecular flexibility index (Phi) is 8.07. The van der Waals surface area contributed by atoms with Gasteiger partial charge in [-0.2, -0.15) is 0 Å². The minimum Gasteiger partial charge on any atom is -0.496 e. The summed E-state index contributed by atoms with van der Waals surface area (Å²) >= 11 is 0. The lowest BCUT2D eigenvalue weighted by atomic mass is 10.2. The summed E-state index contributed by atoms with van der Waals surface area (Å²) < 4.78 is 40.4. The lowest BCUT2D eigenvalue weighted by Crippen LogP contribution is -2.34. The van der Waals surface area contributed by atoms with Crippen molar-refractivity contribution in [3.8, 4) is 11.5 Å². The van der Waals surface area contributed by atoms with Crippen molar-refractivity contribution in [3.63, 3.8) is 0 Å². The number of para-hydroxylation sites is 1. The quantitative estimate of drug-likeness (QED) is 0.335. The van der Waals surface area contributed by atoms with Gasteiger partial charge in [-0.3, -0.25) is 15.4 Å². The summed E-state index contributed by atoms with van der Waals surface area (Å²) in [5, 5.41) is 7.40. The highest BCUT2D eigenvalue weighted by Gasteiger charge is 2.25. The molecule has 0 saturated heterocycles. The molecule has 0 fully saturated rings. The summed E-state index contributed by atoms with van der Waals surface area (Å²) in [6, 6.07) is 5.87. The van der Waals surface area contributed by atoms with Crippen LogP contribution in [-0.2, 0) is 21.9 Å². The number of urea groups is 2. The monoisotopic (exact) mass is 533 g/mol. The van der Waals surface area contributed by atoms with Crippen molar-refractivity contribution in [2.75, 3.05) is 45.5 Å². The molecule has 0 unspecified atom stereocenters. The van der Waals surface area contributed by atoms with Crippen LogP contribution in [0.4, 0.5) is 21.2 Å². The molecule has 3 rings (SSSR count). The Morgan fingerprint density at radius 3 is 2.32 bits per heavy atom. The molecule has 14 nitrogen and oxygen atoms in total. The van der Waals surface area contributed by atoms with Crippen molar-refractivity contribution in [2.24, 2.45) is 7.05 Å². The van der Waals surface area contributed by atoms with E-state index in [2.05, 4.69) is 20.9 Å². The maximum Gasteiger partial charge on any atom is 0.334 e. The van der Waals surface area contributed by atoms with Crippen molar-refractivity contribution in [3.05, 3.63) is 36.5 Å². The average molecular weight is 534 g/mol. The minimum absolute atomic E-state index is 0.0613. The second-order valence-corrected chi connectivity index (χ2v) is 9.53. The first kappa shape index (κ1) is 27.1. The normalized spacial score (nSPS) is 10.9. The number of methoxy groups -OCH3 is 1. The van der Waals surface area contributed by atoms with E-state index in [1.807, 2.05) is 4.72 Å². The Labute approximate surface area is 213 Å². The standard InChI is InChI=1S/C22H27N7O7S/c1-23-21(31)25-17-9-13(35-5)10-18(24-17)26-22(32)27-37(33,34)16-11-29(4)20-14(16)7-6-8-15(20)36-12-19(30)28(2)3/h6-11H,12H2,1-5H3,(H4,23,24,25,26,27,31,32). The molecular weight excluding hydrogens is 506 g/mol. The number of nitrogens with one attached hydrogen (secondary N) is 4. The third-order valence-electron chi connectivity index (χ3n) is 5.04. The predicted octanol–water partition coefficient (Wildman–Crippen LogP) is 1.31. The van der Waals surface area contributed by atoms with E-state index >= 15 is 0 Å². The van der Waals surface area contributed by atoms with Crippen molar-refractivity contribution >= 4 is 50.5 Å². The van der Waals surface area contributed by atoms with E-state index < -0.39 is 22.1 Å². The number of hydrogen-bond donors (Lipinski definition) is 4. The number of aromatic nitrogens is 2.